The number of primary amides is 1. The molecule has 8 nitrogen and oxygen atoms in total. The van der Waals surface area contributed by atoms with Crippen molar-refractivity contribution in [1.82, 2.24) is 10.6 Å². The van der Waals surface area contributed by atoms with E-state index in [-0.39, 0.29) is 34.9 Å². The molecule has 1 aromatic rings. The molecule has 3 atom stereocenters. The number of nitriles is 1. The molecule has 1 amide bonds. The zero-order chi connectivity index (χ0) is 20.9. The predicted octanol–water partition coefficient (Wildman–Crippen LogP) is 1.47. The van der Waals surface area contributed by atoms with E-state index in [4.69, 9.17) is 15.9 Å². The number of carbonyl (C=O) groups is 1. The first-order chi connectivity index (χ1) is 13.9. The van der Waals surface area contributed by atoms with Gasteiger partial charge in [0.25, 0.3) is 5.91 Å². The summed E-state index contributed by atoms with van der Waals surface area (Å²) in [4.78, 5) is 11.8. The molecule has 6 N–H and O–H groups in total. The minimum atomic E-state index is -0.701. The average Bonchev–Trinajstić information content (AvgIpc) is 2.68. The Bertz CT molecular complexity index is 812. The van der Waals surface area contributed by atoms with Gasteiger partial charge in [-0.1, -0.05) is 18.2 Å². The Morgan fingerprint density at radius 1 is 1.34 bits per heavy atom. The van der Waals surface area contributed by atoms with Crippen molar-refractivity contribution in [3.8, 4) is 6.07 Å². The van der Waals surface area contributed by atoms with Gasteiger partial charge in [-0.25, -0.2) is 0 Å². The van der Waals surface area contributed by atoms with Crippen molar-refractivity contribution in [3.05, 3.63) is 42.1 Å². The third-order valence-electron chi connectivity index (χ3n) is 5.43. The maximum Gasteiger partial charge on any atom is 0.253 e. The highest BCUT2D eigenvalue weighted by atomic mass is 16.5. The normalized spacial score (nSPS) is 25.9. The van der Waals surface area contributed by atoms with E-state index in [1.165, 1.54) is 6.20 Å². The monoisotopic (exact) mass is 396 g/mol. The molecule has 0 radical (unpaired) electrons. The highest BCUT2D eigenvalue weighted by Crippen LogP contribution is 2.28. The fourth-order valence-corrected chi connectivity index (χ4v) is 3.82. The van der Waals surface area contributed by atoms with E-state index in [9.17, 15) is 10.1 Å². The smallest absolute Gasteiger partial charge is 0.253 e. The number of nitrogens with two attached hydrogens (primary N) is 1. The number of benzene rings is 1. The van der Waals surface area contributed by atoms with E-state index in [1.807, 2.05) is 18.2 Å². The number of rotatable bonds is 7. The first-order valence-corrected chi connectivity index (χ1v) is 9.82. The number of amidine groups is 1. The first-order valence-electron chi connectivity index (χ1n) is 9.82. The molecule has 1 aliphatic carbocycles. The van der Waals surface area contributed by atoms with Gasteiger partial charge in [0.05, 0.1) is 36.3 Å². The summed E-state index contributed by atoms with van der Waals surface area (Å²) in [6, 6.07) is 11.7. The Morgan fingerprint density at radius 3 is 2.66 bits per heavy atom. The van der Waals surface area contributed by atoms with Crippen LogP contribution in [0.4, 0.5) is 5.69 Å². The van der Waals surface area contributed by atoms with Crippen molar-refractivity contribution >= 4 is 17.4 Å². The number of ether oxygens (including phenoxy) is 1. The number of amides is 1. The van der Waals surface area contributed by atoms with Gasteiger partial charge in [0.15, 0.2) is 0 Å². The van der Waals surface area contributed by atoms with Crippen LogP contribution in [0.3, 0.4) is 0 Å². The average molecular weight is 396 g/mol. The van der Waals surface area contributed by atoms with E-state index in [1.54, 1.807) is 12.1 Å². The van der Waals surface area contributed by atoms with Crippen LogP contribution in [-0.4, -0.2) is 42.6 Å². The summed E-state index contributed by atoms with van der Waals surface area (Å²) >= 11 is 0. The van der Waals surface area contributed by atoms with Crippen molar-refractivity contribution < 1.29 is 9.53 Å². The maximum atomic E-state index is 11.8. The van der Waals surface area contributed by atoms with Crippen molar-refractivity contribution in [1.29, 1.82) is 10.7 Å². The molecule has 154 valence electrons. The SMILES string of the molecule is CC1(N[C@H]2CCC(N/C=C(\C(=N)Nc3ccccc3)C(N)=O)[C@@H](C#N)C2)COC1. The molecule has 0 spiro atoms. The fourth-order valence-electron chi connectivity index (χ4n) is 3.82. The maximum absolute atomic E-state index is 11.8. The van der Waals surface area contributed by atoms with Gasteiger partial charge in [-0.3, -0.25) is 10.2 Å². The Balaban J connectivity index is 1.60. The van der Waals surface area contributed by atoms with Crippen LogP contribution in [0.1, 0.15) is 26.2 Å². The molecular formula is C21H28N6O2. The zero-order valence-corrected chi connectivity index (χ0v) is 16.6. The molecule has 1 saturated carbocycles. The summed E-state index contributed by atoms with van der Waals surface area (Å²) in [5.74, 6) is -0.988. The lowest BCUT2D eigenvalue weighted by Gasteiger charge is -2.44. The van der Waals surface area contributed by atoms with Crippen LogP contribution in [-0.2, 0) is 9.53 Å². The van der Waals surface area contributed by atoms with Crippen molar-refractivity contribution in [2.75, 3.05) is 18.5 Å². The van der Waals surface area contributed by atoms with Crippen LogP contribution in [0.25, 0.3) is 0 Å². The van der Waals surface area contributed by atoms with Gasteiger partial charge in [0, 0.05) is 24.0 Å². The minimum absolute atomic E-state index is 0.00215. The van der Waals surface area contributed by atoms with E-state index in [0.717, 1.165) is 19.3 Å². The van der Waals surface area contributed by atoms with Gasteiger partial charge >= 0.3 is 0 Å². The molecular weight excluding hydrogens is 368 g/mol. The highest BCUT2D eigenvalue weighted by Gasteiger charge is 2.38. The van der Waals surface area contributed by atoms with E-state index >= 15 is 0 Å². The third kappa shape index (κ3) is 5.34. The molecule has 2 fully saturated rings. The minimum Gasteiger partial charge on any atom is -0.386 e. The van der Waals surface area contributed by atoms with E-state index < -0.39 is 5.91 Å². The van der Waals surface area contributed by atoms with E-state index in [0.29, 0.717) is 18.9 Å². The second kappa shape index (κ2) is 9.07. The lowest BCUT2D eigenvalue weighted by atomic mass is 9.81. The Kier molecular flexibility index (Phi) is 6.52. The van der Waals surface area contributed by atoms with Gasteiger partial charge < -0.3 is 26.4 Å². The van der Waals surface area contributed by atoms with Crippen LogP contribution < -0.4 is 21.7 Å². The molecule has 1 heterocycles. The summed E-state index contributed by atoms with van der Waals surface area (Å²) in [5, 5.41) is 27.4. The first kappa shape index (κ1) is 20.8. The number of hydrogen-bond acceptors (Lipinski definition) is 6. The predicted molar refractivity (Wildman–Crippen MR) is 111 cm³/mol. The lowest BCUT2D eigenvalue weighted by Crippen LogP contribution is -2.62. The Labute approximate surface area is 171 Å². The van der Waals surface area contributed by atoms with E-state index in [2.05, 4.69) is 28.9 Å². The quantitative estimate of drug-likeness (QED) is 0.269. The molecule has 2 aliphatic rings. The molecule has 0 aromatic heterocycles. The fraction of sp³-hybridized carbons (Fsp3) is 0.476. The van der Waals surface area contributed by atoms with Gasteiger partial charge in [0.2, 0.25) is 0 Å². The standard InChI is InChI=1S/C21H28N6O2/c1-21(12-29-13-21)27-16-7-8-18(14(9-16)10-22)25-11-17(20(24)28)19(23)26-15-5-3-2-4-6-15/h2-6,11,14,16,18,25,27H,7-9,12-13H2,1H3,(H2,23,26)(H2,24,28)/b17-11+/t14-,16+,18?/m1/s1. The molecule has 1 unspecified atom stereocenters. The molecule has 1 aliphatic heterocycles. The molecule has 0 bridgehead atoms. The van der Waals surface area contributed by atoms with Crippen LogP contribution in [0.5, 0.6) is 0 Å². The van der Waals surface area contributed by atoms with Crippen molar-refractivity contribution in [3.63, 3.8) is 0 Å². The second-order valence-electron chi connectivity index (χ2n) is 8.00. The lowest BCUT2D eigenvalue weighted by molar-refractivity contribution is -0.114. The van der Waals surface area contributed by atoms with Gasteiger partial charge in [-0.05, 0) is 38.3 Å². The largest absolute Gasteiger partial charge is 0.386 e. The third-order valence-corrected chi connectivity index (χ3v) is 5.43. The van der Waals surface area contributed by atoms with Gasteiger partial charge in [-0.15, -0.1) is 0 Å². The molecule has 1 saturated heterocycles. The van der Waals surface area contributed by atoms with Crippen molar-refractivity contribution in [2.24, 2.45) is 11.7 Å². The number of hydrogen-bond donors (Lipinski definition) is 5. The van der Waals surface area contributed by atoms with Gasteiger partial charge in [0.1, 0.15) is 5.84 Å². The van der Waals surface area contributed by atoms with Crippen LogP contribution in [0.15, 0.2) is 42.1 Å². The summed E-state index contributed by atoms with van der Waals surface area (Å²) in [6.07, 6.45) is 3.90. The Hall–Kier alpha value is -2.89. The number of para-hydroxylation sites is 1. The number of nitrogens with zero attached hydrogens (tertiary/aromatic N) is 1. The Morgan fingerprint density at radius 2 is 2.07 bits per heavy atom. The zero-order valence-electron chi connectivity index (χ0n) is 16.6. The summed E-state index contributed by atoms with van der Waals surface area (Å²) < 4.78 is 5.29. The molecule has 8 heteroatoms. The number of nitrogens with one attached hydrogen (secondary N) is 4. The number of anilines is 1. The van der Waals surface area contributed by atoms with Crippen LogP contribution in [0, 0.1) is 22.7 Å². The van der Waals surface area contributed by atoms with Gasteiger partial charge in [-0.2, -0.15) is 5.26 Å². The molecule has 29 heavy (non-hydrogen) atoms. The topological polar surface area (TPSA) is 136 Å². The summed E-state index contributed by atoms with van der Waals surface area (Å²) in [7, 11) is 0. The number of carbonyl (C=O) groups excluding carboxylic acids is 1. The van der Waals surface area contributed by atoms with Crippen molar-refractivity contribution in [2.45, 2.75) is 43.8 Å². The summed E-state index contributed by atoms with van der Waals surface area (Å²) in [6.45, 7) is 3.53. The van der Waals surface area contributed by atoms with Crippen LogP contribution >= 0.6 is 0 Å². The second-order valence-corrected chi connectivity index (χ2v) is 8.00. The highest BCUT2D eigenvalue weighted by molar-refractivity contribution is 6.23. The molecule has 3 rings (SSSR count). The van der Waals surface area contributed by atoms with Crippen LogP contribution in [0.2, 0.25) is 0 Å². The molecule has 1 aromatic carbocycles. The summed E-state index contributed by atoms with van der Waals surface area (Å²) in [5.41, 5.74) is 6.21.